The molecule has 0 saturated carbocycles. The average Bonchev–Trinajstić information content (AvgIpc) is 2.45. The molecule has 0 atom stereocenters. The first-order valence-electron chi connectivity index (χ1n) is 5.79. The van der Waals surface area contributed by atoms with Crippen LogP contribution in [0.4, 0.5) is 0 Å². The molecule has 5 heteroatoms. The highest BCUT2D eigenvalue weighted by Gasteiger charge is 2.09. The van der Waals surface area contributed by atoms with Gasteiger partial charge in [-0.15, -0.1) is 0 Å². The molecule has 1 aromatic carbocycles. The Hall–Kier alpha value is -2.56. The maximum absolute atomic E-state index is 11.9. The summed E-state index contributed by atoms with van der Waals surface area (Å²) < 4.78 is 5.79. The first-order chi connectivity index (χ1) is 9.20. The largest absolute Gasteiger partial charge is 0.619 e. The van der Waals surface area contributed by atoms with Gasteiger partial charge < -0.3 is 15.3 Å². The summed E-state index contributed by atoms with van der Waals surface area (Å²) in [5, 5.41) is 13.8. The van der Waals surface area contributed by atoms with Gasteiger partial charge in [0.05, 0.1) is 7.11 Å². The van der Waals surface area contributed by atoms with Crippen molar-refractivity contribution in [2.45, 2.75) is 6.54 Å². The molecule has 0 aliphatic rings. The predicted molar refractivity (Wildman–Crippen MR) is 69.6 cm³/mol. The lowest BCUT2D eigenvalue weighted by Crippen LogP contribution is -2.29. The Morgan fingerprint density at radius 2 is 2.11 bits per heavy atom. The number of benzene rings is 1. The zero-order valence-corrected chi connectivity index (χ0v) is 10.5. The van der Waals surface area contributed by atoms with Crippen molar-refractivity contribution in [3.8, 4) is 5.75 Å². The van der Waals surface area contributed by atoms with Crippen molar-refractivity contribution < 1.29 is 14.3 Å². The summed E-state index contributed by atoms with van der Waals surface area (Å²) in [6.07, 6.45) is 2.56. The van der Waals surface area contributed by atoms with Crippen LogP contribution in [-0.4, -0.2) is 13.0 Å². The SMILES string of the molecule is COc1ccccc1CNC(=O)c1ccc[n+]([O-])c1. The Labute approximate surface area is 111 Å². The van der Waals surface area contributed by atoms with Gasteiger partial charge in [0.2, 0.25) is 0 Å². The Kier molecular flexibility index (Phi) is 3.97. The van der Waals surface area contributed by atoms with Gasteiger partial charge in [-0.2, -0.15) is 4.73 Å². The van der Waals surface area contributed by atoms with Gasteiger partial charge in [0.1, 0.15) is 11.3 Å². The second kappa shape index (κ2) is 5.86. The summed E-state index contributed by atoms with van der Waals surface area (Å²) in [6, 6.07) is 10.6. The number of aromatic nitrogens is 1. The Morgan fingerprint density at radius 1 is 1.32 bits per heavy atom. The molecular formula is C14H14N2O3. The van der Waals surface area contributed by atoms with Crippen molar-refractivity contribution >= 4 is 5.91 Å². The first-order valence-corrected chi connectivity index (χ1v) is 5.79. The van der Waals surface area contributed by atoms with Crippen LogP contribution in [0.3, 0.4) is 0 Å². The monoisotopic (exact) mass is 258 g/mol. The number of carbonyl (C=O) groups excluding carboxylic acids is 1. The Morgan fingerprint density at radius 3 is 2.84 bits per heavy atom. The van der Waals surface area contributed by atoms with Gasteiger partial charge in [0, 0.05) is 18.2 Å². The van der Waals surface area contributed by atoms with Gasteiger partial charge in [-0.05, 0) is 12.1 Å². The molecule has 0 aliphatic heterocycles. The fraction of sp³-hybridized carbons (Fsp3) is 0.143. The number of hydrogen-bond acceptors (Lipinski definition) is 3. The van der Waals surface area contributed by atoms with E-state index in [1.807, 2.05) is 24.3 Å². The lowest BCUT2D eigenvalue weighted by molar-refractivity contribution is -0.605. The van der Waals surface area contributed by atoms with E-state index in [-0.39, 0.29) is 5.91 Å². The average molecular weight is 258 g/mol. The number of amides is 1. The smallest absolute Gasteiger partial charge is 0.257 e. The Bertz CT molecular complexity index is 584. The van der Waals surface area contributed by atoms with E-state index in [1.165, 1.54) is 18.5 Å². The van der Waals surface area contributed by atoms with Crippen LogP contribution >= 0.6 is 0 Å². The summed E-state index contributed by atoms with van der Waals surface area (Å²) in [4.78, 5) is 11.9. The quantitative estimate of drug-likeness (QED) is 0.663. The molecule has 1 N–H and O–H groups in total. The second-order valence-corrected chi connectivity index (χ2v) is 3.95. The maximum Gasteiger partial charge on any atom is 0.257 e. The molecular weight excluding hydrogens is 244 g/mol. The third-order valence-corrected chi connectivity index (χ3v) is 2.67. The van der Waals surface area contributed by atoms with Crippen LogP contribution in [0.1, 0.15) is 15.9 Å². The minimum atomic E-state index is -0.295. The van der Waals surface area contributed by atoms with Crippen LogP contribution in [0.15, 0.2) is 48.8 Å². The van der Waals surface area contributed by atoms with Gasteiger partial charge in [-0.3, -0.25) is 4.79 Å². The topological polar surface area (TPSA) is 65.3 Å². The number of nitrogens with zero attached hydrogens (tertiary/aromatic N) is 1. The highest BCUT2D eigenvalue weighted by Crippen LogP contribution is 2.16. The molecule has 0 spiro atoms. The third kappa shape index (κ3) is 3.22. The van der Waals surface area contributed by atoms with Gasteiger partial charge in [0.25, 0.3) is 5.91 Å². The molecule has 5 nitrogen and oxygen atoms in total. The number of pyridine rings is 1. The molecule has 0 aliphatic carbocycles. The van der Waals surface area contributed by atoms with Crippen LogP contribution < -0.4 is 14.8 Å². The predicted octanol–water partition coefficient (Wildman–Crippen LogP) is 1.26. The number of nitrogens with one attached hydrogen (secondary N) is 1. The van der Waals surface area contributed by atoms with Crippen molar-refractivity contribution in [2.24, 2.45) is 0 Å². The third-order valence-electron chi connectivity index (χ3n) is 2.67. The van der Waals surface area contributed by atoms with Crippen LogP contribution in [-0.2, 0) is 6.54 Å². The Balaban J connectivity index is 2.04. The zero-order chi connectivity index (χ0) is 13.7. The maximum atomic E-state index is 11.9. The van der Waals surface area contributed by atoms with Crippen molar-refractivity contribution in [2.75, 3.05) is 7.11 Å². The highest BCUT2D eigenvalue weighted by atomic mass is 16.5. The molecule has 0 saturated heterocycles. The van der Waals surface area contributed by atoms with Crippen molar-refractivity contribution in [3.63, 3.8) is 0 Å². The lowest BCUT2D eigenvalue weighted by atomic mass is 10.2. The van der Waals surface area contributed by atoms with Crippen molar-refractivity contribution in [3.05, 3.63) is 65.1 Å². The van der Waals surface area contributed by atoms with Crippen LogP contribution in [0.2, 0.25) is 0 Å². The number of para-hydroxylation sites is 1. The van der Waals surface area contributed by atoms with E-state index in [0.717, 1.165) is 11.3 Å². The molecule has 1 heterocycles. The lowest BCUT2D eigenvalue weighted by Gasteiger charge is -2.09. The first kappa shape index (κ1) is 12.9. The molecule has 0 bridgehead atoms. The summed E-state index contributed by atoms with van der Waals surface area (Å²) in [5.74, 6) is 0.422. The number of ether oxygens (including phenoxy) is 1. The van der Waals surface area contributed by atoms with Crippen LogP contribution in [0.5, 0.6) is 5.75 Å². The molecule has 0 unspecified atom stereocenters. The summed E-state index contributed by atoms with van der Waals surface area (Å²) in [5.41, 5.74) is 1.21. The van der Waals surface area contributed by atoms with Crippen LogP contribution in [0, 0.1) is 5.21 Å². The van der Waals surface area contributed by atoms with Gasteiger partial charge in [-0.1, -0.05) is 18.2 Å². The fourth-order valence-electron chi connectivity index (χ4n) is 1.72. The van der Waals surface area contributed by atoms with Crippen molar-refractivity contribution in [1.82, 2.24) is 5.32 Å². The second-order valence-electron chi connectivity index (χ2n) is 3.95. The van der Waals surface area contributed by atoms with Crippen LogP contribution in [0.25, 0.3) is 0 Å². The number of hydrogen-bond donors (Lipinski definition) is 1. The van der Waals surface area contributed by atoms with E-state index in [9.17, 15) is 10.0 Å². The molecule has 0 radical (unpaired) electrons. The van der Waals surface area contributed by atoms with E-state index < -0.39 is 0 Å². The standard InChI is InChI=1S/C14H14N2O3/c1-19-13-7-3-2-5-11(13)9-15-14(17)12-6-4-8-16(18)10-12/h2-8,10H,9H2,1H3,(H,15,17). The van der Waals surface area contributed by atoms with E-state index >= 15 is 0 Å². The summed E-state index contributed by atoms with van der Waals surface area (Å²) in [6.45, 7) is 0.344. The molecule has 0 fully saturated rings. The minimum absolute atomic E-state index is 0.295. The number of rotatable bonds is 4. The van der Waals surface area contributed by atoms with Gasteiger partial charge in [-0.25, -0.2) is 0 Å². The normalized spacial score (nSPS) is 9.95. The molecule has 98 valence electrons. The fourth-order valence-corrected chi connectivity index (χ4v) is 1.72. The van der Waals surface area contributed by atoms with E-state index in [1.54, 1.807) is 13.2 Å². The van der Waals surface area contributed by atoms with E-state index in [2.05, 4.69) is 5.32 Å². The van der Waals surface area contributed by atoms with Gasteiger partial charge in [0.15, 0.2) is 12.4 Å². The zero-order valence-electron chi connectivity index (χ0n) is 10.5. The highest BCUT2D eigenvalue weighted by molar-refractivity contribution is 5.93. The van der Waals surface area contributed by atoms with E-state index in [4.69, 9.17) is 4.74 Å². The molecule has 2 rings (SSSR count). The minimum Gasteiger partial charge on any atom is -0.619 e. The summed E-state index contributed by atoms with van der Waals surface area (Å²) >= 11 is 0. The van der Waals surface area contributed by atoms with E-state index in [0.29, 0.717) is 16.8 Å². The molecule has 1 aromatic heterocycles. The molecule has 2 aromatic rings. The molecule has 1 amide bonds. The number of methoxy groups -OCH3 is 1. The van der Waals surface area contributed by atoms with Gasteiger partial charge >= 0.3 is 0 Å². The molecule has 19 heavy (non-hydrogen) atoms. The number of carbonyl (C=O) groups is 1. The van der Waals surface area contributed by atoms with Crippen molar-refractivity contribution in [1.29, 1.82) is 0 Å². The summed E-state index contributed by atoms with van der Waals surface area (Å²) in [7, 11) is 1.58.